The fourth-order valence-electron chi connectivity index (χ4n) is 2.33. The van der Waals surface area contributed by atoms with Gasteiger partial charge in [0.1, 0.15) is 0 Å². The Morgan fingerprint density at radius 2 is 2.08 bits per heavy atom. The molecule has 0 aliphatic heterocycles. The van der Waals surface area contributed by atoms with Crippen LogP contribution in [0.25, 0.3) is 0 Å². The van der Waals surface area contributed by atoms with Gasteiger partial charge in [0.05, 0.1) is 0 Å². The molecule has 0 saturated heterocycles. The first-order chi connectivity index (χ1) is 6.20. The number of rotatable bonds is 3. The Bertz CT molecular complexity index is 205. The zero-order valence-corrected chi connectivity index (χ0v) is 8.92. The van der Waals surface area contributed by atoms with Crippen molar-refractivity contribution in [1.29, 1.82) is 0 Å². The molecular formula is C12H20O. The second kappa shape index (κ2) is 4.59. The minimum atomic E-state index is 0.245. The Morgan fingerprint density at radius 1 is 1.38 bits per heavy atom. The molecule has 0 N–H and O–H groups in total. The molecule has 1 aliphatic rings. The summed E-state index contributed by atoms with van der Waals surface area (Å²) in [5.74, 6) is 1.79. The zero-order valence-electron chi connectivity index (χ0n) is 8.92. The highest BCUT2D eigenvalue weighted by molar-refractivity contribution is 5.92. The van der Waals surface area contributed by atoms with E-state index in [4.69, 9.17) is 0 Å². The average molecular weight is 180 g/mol. The lowest BCUT2D eigenvalue weighted by atomic mass is 9.73. The molecule has 74 valence electrons. The van der Waals surface area contributed by atoms with Crippen molar-refractivity contribution in [2.24, 2.45) is 17.8 Å². The first-order valence-electron chi connectivity index (χ1n) is 5.42. The van der Waals surface area contributed by atoms with Crippen LogP contribution in [0.1, 0.15) is 40.0 Å². The van der Waals surface area contributed by atoms with E-state index in [0.29, 0.717) is 17.6 Å². The van der Waals surface area contributed by atoms with Crippen LogP contribution in [0.3, 0.4) is 0 Å². The molecule has 0 aromatic heterocycles. The summed E-state index contributed by atoms with van der Waals surface area (Å²) >= 11 is 0. The van der Waals surface area contributed by atoms with Crippen molar-refractivity contribution in [3.05, 3.63) is 12.2 Å². The molecule has 1 aliphatic carbocycles. The van der Waals surface area contributed by atoms with Crippen molar-refractivity contribution in [2.75, 3.05) is 0 Å². The van der Waals surface area contributed by atoms with Crippen LogP contribution < -0.4 is 0 Å². The van der Waals surface area contributed by atoms with Gasteiger partial charge in [0.2, 0.25) is 0 Å². The van der Waals surface area contributed by atoms with E-state index >= 15 is 0 Å². The van der Waals surface area contributed by atoms with Crippen molar-refractivity contribution >= 4 is 5.78 Å². The van der Waals surface area contributed by atoms with Gasteiger partial charge < -0.3 is 0 Å². The van der Waals surface area contributed by atoms with Gasteiger partial charge >= 0.3 is 0 Å². The summed E-state index contributed by atoms with van der Waals surface area (Å²) in [4.78, 5) is 11.5. The monoisotopic (exact) mass is 180 g/mol. The summed E-state index contributed by atoms with van der Waals surface area (Å²) in [5, 5.41) is 0. The number of hydrogen-bond donors (Lipinski definition) is 0. The smallest absolute Gasteiger partial charge is 0.158 e. The van der Waals surface area contributed by atoms with Crippen LogP contribution in [0.5, 0.6) is 0 Å². The third-order valence-corrected chi connectivity index (χ3v) is 3.24. The Hall–Kier alpha value is -0.590. The first kappa shape index (κ1) is 10.5. The third-order valence-electron chi connectivity index (χ3n) is 3.24. The Kier molecular flexibility index (Phi) is 3.71. The quantitative estimate of drug-likeness (QED) is 0.652. The maximum Gasteiger partial charge on any atom is 0.158 e. The lowest BCUT2D eigenvalue weighted by molar-refractivity contribution is -0.120. The molecule has 0 amide bonds. The van der Waals surface area contributed by atoms with Gasteiger partial charge in [0.25, 0.3) is 0 Å². The zero-order chi connectivity index (χ0) is 9.84. The van der Waals surface area contributed by atoms with Crippen LogP contribution in [0.15, 0.2) is 12.2 Å². The number of allylic oxidation sites excluding steroid dienone is 2. The van der Waals surface area contributed by atoms with Gasteiger partial charge in [-0.1, -0.05) is 33.3 Å². The van der Waals surface area contributed by atoms with Crippen molar-refractivity contribution in [3.63, 3.8) is 0 Å². The molecule has 3 unspecified atom stereocenters. The minimum absolute atomic E-state index is 0.245. The molecule has 1 heteroatoms. The van der Waals surface area contributed by atoms with Gasteiger partial charge in [-0.2, -0.15) is 0 Å². The van der Waals surface area contributed by atoms with Crippen LogP contribution >= 0.6 is 0 Å². The molecular weight excluding hydrogens is 160 g/mol. The van der Waals surface area contributed by atoms with Crippen molar-refractivity contribution in [2.45, 2.75) is 40.0 Å². The summed E-state index contributed by atoms with van der Waals surface area (Å²) < 4.78 is 0. The number of ketones is 1. The summed E-state index contributed by atoms with van der Waals surface area (Å²) in [6, 6.07) is 0. The molecule has 0 aromatic rings. The van der Waals surface area contributed by atoms with Crippen LogP contribution in [0, 0.1) is 17.8 Å². The van der Waals surface area contributed by atoms with E-state index in [1.54, 1.807) is 6.08 Å². The lowest BCUT2D eigenvalue weighted by Gasteiger charge is -2.31. The second-order valence-electron chi connectivity index (χ2n) is 4.07. The standard InChI is InChI=1S/C12H20O/c1-4-6-11-9(3)12(13)8-7-10(11)5-2/h7-11H,4-6H2,1-3H3. The van der Waals surface area contributed by atoms with Gasteiger partial charge in [-0.25, -0.2) is 0 Å². The third kappa shape index (κ3) is 2.20. The fraction of sp³-hybridized carbons (Fsp3) is 0.750. The van der Waals surface area contributed by atoms with Crippen molar-refractivity contribution in [1.82, 2.24) is 0 Å². The van der Waals surface area contributed by atoms with E-state index in [1.165, 1.54) is 19.3 Å². The van der Waals surface area contributed by atoms with E-state index in [1.807, 2.05) is 0 Å². The van der Waals surface area contributed by atoms with Crippen molar-refractivity contribution in [3.8, 4) is 0 Å². The van der Waals surface area contributed by atoms with Gasteiger partial charge in [-0.05, 0) is 30.8 Å². The molecule has 0 heterocycles. The molecule has 0 fully saturated rings. The Labute approximate surface area is 81.2 Å². The van der Waals surface area contributed by atoms with Gasteiger partial charge in [0, 0.05) is 5.92 Å². The topological polar surface area (TPSA) is 17.1 Å². The van der Waals surface area contributed by atoms with Crippen LogP contribution in [0.2, 0.25) is 0 Å². The molecule has 13 heavy (non-hydrogen) atoms. The van der Waals surface area contributed by atoms with E-state index in [-0.39, 0.29) is 5.92 Å². The van der Waals surface area contributed by atoms with Gasteiger partial charge in [-0.3, -0.25) is 4.79 Å². The maximum absolute atomic E-state index is 11.5. The summed E-state index contributed by atoms with van der Waals surface area (Å²) in [6.45, 7) is 6.48. The molecule has 1 nitrogen and oxygen atoms in total. The number of carbonyl (C=O) groups excluding carboxylic acids is 1. The largest absolute Gasteiger partial charge is 0.295 e. The molecule has 0 radical (unpaired) electrons. The molecule has 0 aromatic carbocycles. The number of carbonyl (C=O) groups is 1. The van der Waals surface area contributed by atoms with E-state index < -0.39 is 0 Å². The molecule has 0 saturated carbocycles. The highest BCUT2D eigenvalue weighted by Gasteiger charge is 2.30. The summed E-state index contributed by atoms with van der Waals surface area (Å²) in [6.07, 6.45) is 7.44. The predicted molar refractivity (Wildman–Crippen MR) is 55.5 cm³/mol. The SMILES string of the molecule is CCCC1C(CC)C=CC(=O)C1C. The van der Waals surface area contributed by atoms with E-state index in [0.717, 1.165) is 0 Å². The Morgan fingerprint density at radius 3 is 2.62 bits per heavy atom. The molecule has 0 bridgehead atoms. The van der Waals surface area contributed by atoms with Gasteiger partial charge in [-0.15, -0.1) is 0 Å². The first-order valence-corrected chi connectivity index (χ1v) is 5.42. The molecule has 3 atom stereocenters. The average Bonchev–Trinajstić information content (AvgIpc) is 2.14. The second-order valence-corrected chi connectivity index (χ2v) is 4.07. The van der Waals surface area contributed by atoms with Crippen molar-refractivity contribution < 1.29 is 4.79 Å². The highest BCUT2D eigenvalue weighted by atomic mass is 16.1. The normalized spacial score (nSPS) is 33.8. The Balaban J connectivity index is 2.74. The maximum atomic E-state index is 11.5. The van der Waals surface area contributed by atoms with Gasteiger partial charge in [0.15, 0.2) is 5.78 Å². The summed E-state index contributed by atoms with van der Waals surface area (Å²) in [5.41, 5.74) is 0. The molecule has 1 rings (SSSR count). The van der Waals surface area contributed by atoms with E-state index in [2.05, 4.69) is 26.8 Å². The van der Waals surface area contributed by atoms with Crippen LogP contribution in [0.4, 0.5) is 0 Å². The fourth-order valence-corrected chi connectivity index (χ4v) is 2.33. The minimum Gasteiger partial charge on any atom is -0.295 e. The van der Waals surface area contributed by atoms with Crippen LogP contribution in [-0.2, 0) is 4.79 Å². The van der Waals surface area contributed by atoms with E-state index in [9.17, 15) is 4.79 Å². The lowest BCUT2D eigenvalue weighted by Crippen LogP contribution is -2.29. The molecule has 0 spiro atoms. The number of hydrogen-bond acceptors (Lipinski definition) is 1. The predicted octanol–water partition coefficient (Wildman–Crippen LogP) is 3.20. The summed E-state index contributed by atoms with van der Waals surface area (Å²) in [7, 11) is 0. The van der Waals surface area contributed by atoms with Crippen LogP contribution in [-0.4, -0.2) is 5.78 Å². The highest BCUT2D eigenvalue weighted by Crippen LogP contribution is 2.33.